The molecule has 0 spiro atoms. The van der Waals surface area contributed by atoms with Gasteiger partial charge in [-0.05, 0) is 24.1 Å². The van der Waals surface area contributed by atoms with Gasteiger partial charge in [-0.25, -0.2) is 0 Å². The zero-order valence-electron chi connectivity index (χ0n) is 10.6. The fourth-order valence-corrected chi connectivity index (χ4v) is 2.04. The summed E-state index contributed by atoms with van der Waals surface area (Å²) in [6.07, 6.45) is -0.735. The normalized spacial score (nSPS) is 12.2. The molecule has 0 saturated heterocycles. The van der Waals surface area contributed by atoms with E-state index in [0.29, 0.717) is 17.0 Å². The smallest absolute Gasteiger partial charge is 0.142 e. The quantitative estimate of drug-likeness (QED) is 0.815. The molecule has 2 rings (SSSR count). The lowest BCUT2D eigenvalue weighted by atomic mass is 9.96. The number of aliphatic hydroxyl groups excluding tert-OH is 1. The predicted octanol–water partition coefficient (Wildman–Crippen LogP) is 2.67. The van der Waals surface area contributed by atoms with Crippen LogP contribution in [0.15, 0.2) is 42.5 Å². The first-order valence-corrected chi connectivity index (χ1v) is 5.81. The van der Waals surface area contributed by atoms with Gasteiger partial charge in [-0.2, -0.15) is 0 Å². The van der Waals surface area contributed by atoms with Crippen LogP contribution < -0.4 is 10.5 Å². The van der Waals surface area contributed by atoms with Gasteiger partial charge in [0.25, 0.3) is 0 Å². The summed E-state index contributed by atoms with van der Waals surface area (Å²) in [7, 11) is 1.57. The monoisotopic (exact) mass is 243 g/mol. The number of rotatable bonds is 3. The van der Waals surface area contributed by atoms with Gasteiger partial charge in [-0.3, -0.25) is 0 Å². The maximum absolute atomic E-state index is 10.4. The van der Waals surface area contributed by atoms with Crippen molar-refractivity contribution in [2.75, 3.05) is 12.8 Å². The largest absolute Gasteiger partial charge is 0.495 e. The molecular weight excluding hydrogens is 226 g/mol. The van der Waals surface area contributed by atoms with Crippen LogP contribution in [0.1, 0.15) is 22.8 Å². The average Bonchev–Trinajstić information content (AvgIpc) is 2.39. The van der Waals surface area contributed by atoms with Crippen molar-refractivity contribution in [2.45, 2.75) is 13.0 Å². The molecule has 0 bridgehead atoms. The molecule has 2 aromatic rings. The van der Waals surface area contributed by atoms with Crippen LogP contribution in [0.3, 0.4) is 0 Å². The summed E-state index contributed by atoms with van der Waals surface area (Å²) in [5, 5.41) is 10.4. The van der Waals surface area contributed by atoms with Crippen LogP contribution in [0, 0.1) is 6.92 Å². The molecule has 3 nitrogen and oxygen atoms in total. The number of para-hydroxylation sites is 1. The zero-order valence-corrected chi connectivity index (χ0v) is 10.6. The summed E-state index contributed by atoms with van der Waals surface area (Å²) in [6, 6.07) is 13.1. The Balaban J connectivity index is 2.47. The molecule has 0 aliphatic heterocycles. The SMILES string of the molecule is COc1cccc(C(O)c2ccccc2C)c1N. The third-order valence-electron chi connectivity index (χ3n) is 3.10. The third kappa shape index (κ3) is 2.17. The Morgan fingerprint density at radius 2 is 1.72 bits per heavy atom. The lowest BCUT2D eigenvalue weighted by molar-refractivity contribution is 0.220. The molecule has 94 valence electrons. The van der Waals surface area contributed by atoms with Gasteiger partial charge in [0.2, 0.25) is 0 Å². The lowest BCUT2D eigenvalue weighted by Crippen LogP contribution is -2.06. The molecule has 0 heterocycles. The van der Waals surface area contributed by atoms with E-state index in [0.717, 1.165) is 11.1 Å². The Bertz CT molecular complexity index is 552. The van der Waals surface area contributed by atoms with E-state index in [1.807, 2.05) is 43.3 Å². The Morgan fingerprint density at radius 3 is 2.39 bits per heavy atom. The van der Waals surface area contributed by atoms with Gasteiger partial charge in [-0.15, -0.1) is 0 Å². The van der Waals surface area contributed by atoms with Crippen molar-refractivity contribution in [3.8, 4) is 5.75 Å². The van der Waals surface area contributed by atoms with E-state index in [1.165, 1.54) is 0 Å². The Labute approximate surface area is 107 Å². The van der Waals surface area contributed by atoms with Gasteiger partial charge in [0, 0.05) is 5.56 Å². The summed E-state index contributed by atoms with van der Waals surface area (Å²) in [6.45, 7) is 1.97. The van der Waals surface area contributed by atoms with E-state index in [1.54, 1.807) is 13.2 Å². The van der Waals surface area contributed by atoms with Gasteiger partial charge in [-0.1, -0.05) is 36.4 Å². The van der Waals surface area contributed by atoms with E-state index in [2.05, 4.69) is 0 Å². The second kappa shape index (κ2) is 5.10. The van der Waals surface area contributed by atoms with Crippen molar-refractivity contribution in [2.24, 2.45) is 0 Å². The highest BCUT2D eigenvalue weighted by Gasteiger charge is 2.17. The fraction of sp³-hybridized carbons (Fsp3) is 0.200. The van der Waals surface area contributed by atoms with Crippen LogP contribution in [0.5, 0.6) is 5.75 Å². The first-order valence-electron chi connectivity index (χ1n) is 5.81. The second-order valence-electron chi connectivity index (χ2n) is 4.22. The molecule has 0 aliphatic rings. The summed E-state index contributed by atoms with van der Waals surface area (Å²) in [5.74, 6) is 0.583. The number of hydrogen-bond acceptors (Lipinski definition) is 3. The standard InChI is InChI=1S/C15H17NO2/c1-10-6-3-4-7-11(10)15(17)12-8-5-9-13(18-2)14(12)16/h3-9,15,17H,16H2,1-2H3. The lowest BCUT2D eigenvalue weighted by Gasteiger charge is -2.17. The van der Waals surface area contributed by atoms with Crippen molar-refractivity contribution in [1.82, 2.24) is 0 Å². The number of hydrogen-bond donors (Lipinski definition) is 2. The number of nitrogens with two attached hydrogens (primary N) is 1. The number of aliphatic hydroxyl groups is 1. The van der Waals surface area contributed by atoms with Crippen molar-refractivity contribution in [3.05, 3.63) is 59.2 Å². The maximum atomic E-state index is 10.4. The van der Waals surface area contributed by atoms with E-state index < -0.39 is 6.10 Å². The molecular formula is C15H17NO2. The molecule has 3 N–H and O–H groups in total. The van der Waals surface area contributed by atoms with E-state index in [-0.39, 0.29) is 0 Å². The van der Waals surface area contributed by atoms with Crippen molar-refractivity contribution < 1.29 is 9.84 Å². The number of benzene rings is 2. The van der Waals surface area contributed by atoms with Crippen molar-refractivity contribution in [3.63, 3.8) is 0 Å². The Hall–Kier alpha value is -2.00. The Kier molecular flexibility index (Phi) is 3.53. The molecule has 1 unspecified atom stereocenters. The van der Waals surface area contributed by atoms with E-state index >= 15 is 0 Å². The van der Waals surface area contributed by atoms with E-state index in [9.17, 15) is 5.11 Å². The van der Waals surface area contributed by atoms with Crippen LogP contribution in [0.2, 0.25) is 0 Å². The number of anilines is 1. The summed E-state index contributed by atoms with van der Waals surface area (Å²) in [5.41, 5.74) is 9.04. The van der Waals surface area contributed by atoms with Crippen LogP contribution in [-0.4, -0.2) is 12.2 Å². The number of methoxy groups -OCH3 is 1. The van der Waals surface area contributed by atoms with Crippen molar-refractivity contribution >= 4 is 5.69 Å². The zero-order chi connectivity index (χ0) is 13.1. The molecule has 2 aromatic carbocycles. The highest BCUT2D eigenvalue weighted by atomic mass is 16.5. The molecule has 3 heteroatoms. The van der Waals surface area contributed by atoms with Crippen LogP contribution in [0.4, 0.5) is 5.69 Å². The Morgan fingerprint density at radius 1 is 1.06 bits per heavy atom. The maximum Gasteiger partial charge on any atom is 0.142 e. The molecule has 18 heavy (non-hydrogen) atoms. The number of ether oxygens (including phenoxy) is 1. The van der Waals surface area contributed by atoms with Gasteiger partial charge >= 0.3 is 0 Å². The summed E-state index contributed by atoms with van der Waals surface area (Å²) >= 11 is 0. The molecule has 0 radical (unpaired) electrons. The number of aryl methyl sites for hydroxylation is 1. The predicted molar refractivity (Wildman–Crippen MR) is 72.6 cm³/mol. The molecule has 0 amide bonds. The van der Waals surface area contributed by atoms with Crippen molar-refractivity contribution in [1.29, 1.82) is 0 Å². The summed E-state index contributed by atoms with van der Waals surface area (Å²) < 4.78 is 5.17. The highest BCUT2D eigenvalue weighted by Crippen LogP contribution is 2.33. The molecule has 0 aliphatic carbocycles. The molecule has 0 aromatic heterocycles. The van der Waals surface area contributed by atoms with Gasteiger partial charge in [0.05, 0.1) is 12.8 Å². The topological polar surface area (TPSA) is 55.5 Å². The van der Waals surface area contributed by atoms with Gasteiger partial charge < -0.3 is 15.6 Å². The minimum Gasteiger partial charge on any atom is -0.495 e. The first-order chi connectivity index (χ1) is 8.65. The molecule has 1 atom stereocenters. The second-order valence-corrected chi connectivity index (χ2v) is 4.22. The highest BCUT2D eigenvalue weighted by molar-refractivity contribution is 5.60. The van der Waals surface area contributed by atoms with Gasteiger partial charge in [0.1, 0.15) is 11.9 Å². The number of nitrogen functional groups attached to an aromatic ring is 1. The van der Waals surface area contributed by atoms with Crippen LogP contribution in [-0.2, 0) is 0 Å². The van der Waals surface area contributed by atoms with E-state index in [4.69, 9.17) is 10.5 Å². The molecule has 0 fully saturated rings. The average molecular weight is 243 g/mol. The summed E-state index contributed by atoms with van der Waals surface area (Å²) in [4.78, 5) is 0. The van der Waals surface area contributed by atoms with Crippen LogP contribution >= 0.6 is 0 Å². The minimum absolute atomic E-state index is 0.482. The van der Waals surface area contributed by atoms with Crippen LogP contribution in [0.25, 0.3) is 0 Å². The third-order valence-corrected chi connectivity index (χ3v) is 3.10. The van der Waals surface area contributed by atoms with Gasteiger partial charge in [0.15, 0.2) is 0 Å². The molecule has 0 saturated carbocycles. The first kappa shape index (κ1) is 12.5. The minimum atomic E-state index is -0.735. The fourth-order valence-electron chi connectivity index (χ4n) is 2.04.